The zero-order valence-corrected chi connectivity index (χ0v) is 11.8. The van der Waals surface area contributed by atoms with Crippen LogP contribution in [0.4, 0.5) is 0 Å². The Morgan fingerprint density at radius 2 is 2.12 bits per heavy atom. The van der Waals surface area contributed by atoms with Gasteiger partial charge >= 0.3 is 0 Å². The van der Waals surface area contributed by atoms with Gasteiger partial charge in [0.05, 0.1) is 12.1 Å². The Labute approximate surface area is 107 Å². The minimum absolute atomic E-state index is 0.325. The Morgan fingerprint density at radius 1 is 1.29 bits per heavy atom. The van der Waals surface area contributed by atoms with Crippen molar-refractivity contribution in [3.63, 3.8) is 0 Å². The smallest absolute Gasteiger partial charge is 0.0760 e. The summed E-state index contributed by atoms with van der Waals surface area (Å²) in [7, 11) is 1.84. The van der Waals surface area contributed by atoms with E-state index in [2.05, 4.69) is 25.2 Å². The first-order chi connectivity index (χ1) is 8.33. The Hall–Kier alpha value is -0.340. The molecule has 1 aliphatic carbocycles. The lowest BCUT2D eigenvalue weighted by Gasteiger charge is -2.28. The third-order valence-corrected chi connectivity index (χ3v) is 3.67. The third kappa shape index (κ3) is 4.81. The van der Waals surface area contributed by atoms with Crippen LogP contribution in [0, 0.1) is 0 Å². The van der Waals surface area contributed by atoms with E-state index in [1.165, 1.54) is 38.5 Å². The van der Waals surface area contributed by atoms with Crippen LogP contribution in [0.3, 0.4) is 0 Å². The number of rotatable bonds is 7. The summed E-state index contributed by atoms with van der Waals surface area (Å²) in [5.74, 6) is 0. The number of allylic oxidation sites excluding steroid dienone is 1. The number of nitrogens with one attached hydrogen (secondary N) is 1. The van der Waals surface area contributed by atoms with Crippen molar-refractivity contribution in [1.29, 1.82) is 0 Å². The highest BCUT2D eigenvalue weighted by Crippen LogP contribution is 2.23. The molecule has 0 aliphatic heterocycles. The largest absolute Gasteiger partial charge is 0.380 e. The van der Waals surface area contributed by atoms with E-state index in [4.69, 9.17) is 4.74 Å². The molecule has 2 nitrogen and oxygen atoms in total. The summed E-state index contributed by atoms with van der Waals surface area (Å²) in [5, 5.41) is 3.68. The fourth-order valence-corrected chi connectivity index (χ4v) is 2.66. The molecule has 0 saturated carbocycles. The highest BCUT2D eigenvalue weighted by Gasteiger charge is 2.23. The Balaban J connectivity index is 2.68. The molecular weight excluding hydrogens is 210 g/mol. The van der Waals surface area contributed by atoms with Gasteiger partial charge in [-0.3, -0.25) is 0 Å². The monoisotopic (exact) mass is 239 g/mol. The summed E-state index contributed by atoms with van der Waals surface area (Å²) >= 11 is 0. The molecule has 2 heteroatoms. The lowest BCUT2D eigenvalue weighted by molar-refractivity contribution is 0.0748. The van der Waals surface area contributed by atoms with Gasteiger partial charge in [-0.05, 0) is 45.1 Å². The molecule has 100 valence electrons. The zero-order valence-electron chi connectivity index (χ0n) is 11.8. The molecule has 1 rings (SSSR count). The predicted molar refractivity (Wildman–Crippen MR) is 74.3 cm³/mol. The van der Waals surface area contributed by atoms with Crippen LogP contribution < -0.4 is 5.32 Å². The molecule has 17 heavy (non-hydrogen) atoms. The van der Waals surface area contributed by atoms with Crippen molar-refractivity contribution in [1.82, 2.24) is 5.32 Å². The van der Waals surface area contributed by atoms with E-state index in [0.29, 0.717) is 12.1 Å². The van der Waals surface area contributed by atoms with E-state index in [0.717, 1.165) is 13.0 Å². The average Bonchev–Trinajstić information content (AvgIpc) is 2.63. The molecule has 1 aliphatic rings. The summed E-state index contributed by atoms with van der Waals surface area (Å²) in [6, 6.07) is 0.433. The van der Waals surface area contributed by atoms with Crippen LogP contribution in [0.2, 0.25) is 0 Å². The van der Waals surface area contributed by atoms with Gasteiger partial charge in [0, 0.05) is 7.11 Å². The van der Waals surface area contributed by atoms with Crippen molar-refractivity contribution < 1.29 is 4.74 Å². The first-order valence-corrected chi connectivity index (χ1v) is 7.28. The van der Waals surface area contributed by atoms with Crippen LogP contribution in [-0.2, 0) is 4.74 Å². The van der Waals surface area contributed by atoms with Crippen LogP contribution in [-0.4, -0.2) is 25.8 Å². The third-order valence-electron chi connectivity index (χ3n) is 3.67. The maximum Gasteiger partial charge on any atom is 0.0760 e. The van der Waals surface area contributed by atoms with Crippen LogP contribution in [0.25, 0.3) is 0 Å². The first-order valence-electron chi connectivity index (χ1n) is 7.28. The summed E-state index contributed by atoms with van der Waals surface area (Å²) < 4.78 is 5.65. The van der Waals surface area contributed by atoms with Crippen molar-refractivity contribution in [2.45, 2.75) is 70.9 Å². The lowest BCUT2D eigenvalue weighted by Crippen LogP contribution is -2.42. The molecule has 0 aromatic carbocycles. The van der Waals surface area contributed by atoms with Gasteiger partial charge in [-0.25, -0.2) is 0 Å². The maximum absolute atomic E-state index is 5.65. The molecular formula is C15H29NO. The van der Waals surface area contributed by atoms with Gasteiger partial charge in [-0.15, -0.1) is 0 Å². The van der Waals surface area contributed by atoms with Crippen molar-refractivity contribution in [3.8, 4) is 0 Å². The lowest BCUT2D eigenvalue weighted by atomic mass is 9.95. The second-order valence-electron chi connectivity index (χ2n) is 4.99. The zero-order chi connectivity index (χ0) is 12.5. The van der Waals surface area contributed by atoms with Gasteiger partial charge in [0.15, 0.2) is 0 Å². The van der Waals surface area contributed by atoms with Gasteiger partial charge in [-0.1, -0.05) is 31.9 Å². The summed E-state index contributed by atoms with van der Waals surface area (Å²) in [6.07, 6.45) is 11.6. The van der Waals surface area contributed by atoms with Gasteiger partial charge in [0.25, 0.3) is 0 Å². The molecule has 0 radical (unpaired) electrons. The Morgan fingerprint density at radius 3 is 2.76 bits per heavy atom. The first kappa shape index (κ1) is 14.7. The van der Waals surface area contributed by atoms with Crippen molar-refractivity contribution in [2.24, 2.45) is 0 Å². The van der Waals surface area contributed by atoms with E-state index in [-0.39, 0.29) is 0 Å². The standard InChI is InChI=1S/C15H29NO/c1-4-12-16-15(14(5-2)17-3)13-10-8-6-7-9-11-13/h10,14-16H,4-9,11-12H2,1-3H3. The van der Waals surface area contributed by atoms with E-state index < -0.39 is 0 Å². The minimum Gasteiger partial charge on any atom is -0.380 e. The van der Waals surface area contributed by atoms with E-state index in [1.54, 1.807) is 5.57 Å². The number of hydrogen-bond donors (Lipinski definition) is 1. The molecule has 1 N–H and O–H groups in total. The van der Waals surface area contributed by atoms with Crippen molar-refractivity contribution >= 4 is 0 Å². The molecule has 0 heterocycles. The number of ether oxygens (including phenoxy) is 1. The summed E-state index contributed by atoms with van der Waals surface area (Å²) in [6.45, 7) is 5.52. The molecule has 0 aromatic heterocycles. The number of hydrogen-bond acceptors (Lipinski definition) is 2. The highest BCUT2D eigenvalue weighted by molar-refractivity contribution is 5.14. The van der Waals surface area contributed by atoms with Crippen molar-refractivity contribution in [2.75, 3.05) is 13.7 Å². The van der Waals surface area contributed by atoms with E-state index in [1.807, 2.05) is 7.11 Å². The maximum atomic E-state index is 5.65. The molecule has 2 unspecified atom stereocenters. The molecule has 0 spiro atoms. The molecule has 0 fully saturated rings. The average molecular weight is 239 g/mol. The SMILES string of the molecule is CCCNC(C1=CCCCCC1)C(CC)OC. The minimum atomic E-state index is 0.325. The quantitative estimate of drug-likeness (QED) is 0.684. The molecule has 0 bridgehead atoms. The van der Waals surface area contributed by atoms with Crippen LogP contribution in [0.5, 0.6) is 0 Å². The van der Waals surface area contributed by atoms with Gasteiger partial charge in [0.1, 0.15) is 0 Å². The van der Waals surface area contributed by atoms with Gasteiger partial charge in [0.2, 0.25) is 0 Å². The van der Waals surface area contributed by atoms with Crippen molar-refractivity contribution in [3.05, 3.63) is 11.6 Å². The second-order valence-corrected chi connectivity index (χ2v) is 4.99. The van der Waals surface area contributed by atoms with E-state index >= 15 is 0 Å². The fraction of sp³-hybridized carbons (Fsp3) is 0.867. The molecule has 2 atom stereocenters. The second kappa shape index (κ2) is 8.71. The van der Waals surface area contributed by atoms with E-state index in [9.17, 15) is 0 Å². The van der Waals surface area contributed by atoms with Gasteiger partial charge < -0.3 is 10.1 Å². The molecule has 0 aromatic rings. The fourth-order valence-electron chi connectivity index (χ4n) is 2.66. The van der Waals surface area contributed by atoms with Crippen LogP contribution in [0.15, 0.2) is 11.6 Å². The Kier molecular flexibility index (Phi) is 7.54. The van der Waals surface area contributed by atoms with Crippen LogP contribution >= 0.6 is 0 Å². The predicted octanol–water partition coefficient (Wildman–Crippen LogP) is 3.67. The Bertz CT molecular complexity index is 221. The topological polar surface area (TPSA) is 21.3 Å². The summed E-state index contributed by atoms with van der Waals surface area (Å²) in [5.41, 5.74) is 1.59. The summed E-state index contributed by atoms with van der Waals surface area (Å²) in [4.78, 5) is 0. The highest BCUT2D eigenvalue weighted by atomic mass is 16.5. The van der Waals surface area contributed by atoms with Crippen LogP contribution in [0.1, 0.15) is 58.8 Å². The number of methoxy groups -OCH3 is 1. The molecule has 0 saturated heterocycles. The van der Waals surface area contributed by atoms with Gasteiger partial charge in [-0.2, -0.15) is 0 Å². The molecule has 0 amide bonds. The normalized spacial score (nSPS) is 20.5.